The summed E-state index contributed by atoms with van der Waals surface area (Å²) >= 11 is 6.06. The third kappa shape index (κ3) is 4.54. The van der Waals surface area contributed by atoms with Gasteiger partial charge in [-0.3, -0.25) is 0 Å². The lowest BCUT2D eigenvalue weighted by Gasteiger charge is -2.24. The van der Waals surface area contributed by atoms with Crippen LogP contribution in [0.3, 0.4) is 0 Å². The lowest BCUT2D eigenvalue weighted by Crippen LogP contribution is -2.36. The van der Waals surface area contributed by atoms with Crippen LogP contribution >= 0.6 is 11.6 Å². The van der Waals surface area contributed by atoms with Gasteiger partial charge in [-0.05, 0) is 20.8 Å². The molecule has 1 aliphatic heterocycles. The predicted molar refractivity (Wildman–Crippen MR) is 87.1 cm³/mol. The zero-order valence-electron chi connectivity index (χ0n) is 13.8. The number of amides is 1. The number of hydrogen-bond donors (Lipinski definition) is 1. The van der Waals surface area contributed by atoms with E-state index in [-0.39, 0.29) is 23.9 Å². The second kappa shape index (κ2) is 6.70. The normalized spacial score (nSPS) is 18.0. The Hall–Kier alpha value is -1.89. The maximum atomic E-state index is 12.1. The molecule has 0 radical (unpaired) electrons. The fourth-order valence-corrected chi connectivity index (χ4v) is 2.51. The lowest BCUT2D eigenvalue weighted by atomic mass is 10.2. The van der Waals surface area contributed by atoms with Gasteiger partial charge in [-0.15, -0.1) is 0 Å². The van der Waals surface area contributed by atoms with Gasteiger partial charge in [0.25, 0.3) is 5.88 Å². The molecule has 0 aliphatic carbocycles. The fraction of sp³-hybridized carbons (Fsp3) is 0.600. The second-order valence-corrected chi connectivity index (χ2v) is 6.73. The Balaban J connectivity index is 2.02. The largest absolute Gasteiger partial charge is 0.490 e. The van der Waals surface area contributed by atoms with E-state index < -0.39 is 5.60 Å². The number of anilines is 1. The average molecular weight is 344 g/mol. The quantitative estimate of drug-likeness (QED) is 0.908. The van der Waals surface area contributed by atoms with Crippen molar-refractivity contribution in [3.8, 4) is 11.6 Å². The minimum absolute atomic E-state index is 0.221. The number of methoxy groups -OCH3 is 1. The zero-order chi connectivity index (χ0) is 17.2. The molecule has 0 aromatic carbocycles. The third-order valence-corrected chi connectivity index (χ3v) is 3.48. The molecule has 7 nitrogen and oxygen atoms in total. The van der Waals surface area contributed by atoms with Gasteiger partial charge in [-0.25, -0.2) is 4.79 Å². The average Bonchev–Trinajstić information content (AvgIpc) is 2.85. The number of aromatic nitrogens is 1. The maximum Gasteiger partial charge on any atom is 0.410 e. The number of carbonyl (C=O) groups is 1. The third-order valence-electron chi connectivity index (χ3n) is 3.20. The lowest BCUT2D eigenvalue weighted by molar-refractivity contribution is 0.0274. The summed E-state index contributed by atoms with van der Waals surface area (Å²) in [4.78, 5) is 17.8. The van der Waals surface area contributed by atoms with Crippen molar-refractivity contribution in [2.45, 2.75) is 38.9 Å². The van der Waals surface area contributed by atoms with Crippen LogP contribution in [0.2, 0.25) is 5.02 Å². The number of rotatable bonds is 3. The van der Waals surface area contributed by atoms with Crippen molar-refractivity contribution in [1.82, 2.24) is 9.88 Å². The van der Waals surface area contributed by atoms with Crippen molar-refractivity contribution in [1.29, 1.82) is 0 Å². The van der Waals surface area contributed by atoms with E-state index in [1.807, 2.05) is 20.8 Å². The summed E-state index contributed by atoms with van der Waals surface area (Å²) < 4.78 is 16.4. The van der Waals surface area contributed by atoms with E-state index in [1.165, 1.54) is 13.2 Å². The Morgan fingerprint density at radius 2 is 2.17 bits per heavy atom. The number of hydrogen-bond acceptors (Lipinski definition) is 6. The first-order valence-corrected chi connectivity index (χ1v) is 7.72. The van der Waals surface area contributed by atoms with Crippen LogP contribution in [0.5, 0.6) is 11.6 Å². The van der Waals surface area contributed by atoms with Crippen LogP contribution in [0.25, 0.3) is 0 Å². The number of nitrogens with zero attached hydrogens (tertiary/aromatic N) is 2. The highest BCUT2D eigenvalue weighted by atomic mass is 35.5. The summed E-state index contributed by atoms with van der Waals surface area (Å²) in [6.07, 6.45) is 0.0900. The van der Waals surface area contributed by atoms with Crippen LogP contribution in [0, 0.1) is 0 Å². The van der Waals surface area contributed by atoms with Gasteiger partial charge in [0, 0.05) is 19.0 Å². The van der Waals surface area contributed by atoms with E-state index in [2.05, 4.69) is 4.98 Å². The molecule has 1 amide bonds. The number of ether oxygens (including phenoxy) is 3. The van der Waals surface area contributed by atoms with Crippen molar-refractivity contribution in [2.24, 2.45) is 0 Å². The zero-order valence-corrected chi connectivity index (χ0v) is 14.5. The first-order valence-electron chi connectivity index (χ1n) is 7.34. The molecule has 1 saturated heterocycles. The van der Waals surface area contributed by atoms with Crippen LogP contribution in [0.4, 0.5) is 10.6 Å². The summed E-state index contributed by atoms with van der Waals surface area (Å²) in [5, 5.41) is 0.331. The number of nitrogen functional groups attached to an aromatic ring is 1. The topological polar surface area (TPSA) is 86.9 Å². The minimum Gasteiger partial charge on any atom is -0.490 e. The fourth-order valence-electron chi connectivity index (χ4n) is 2.24. The molecule has 128 valence electrons. The second-order valence-electron chi connectivity index (χ2n) is 6.32. The van der Waals surface area contributed by atoms with Gasteiger partial charge in [0.2, 0.25) is 0 Å². The summed E-state index contributed by atoms with van der Waals surface area (Å²) in [5.41, 5.74) is 5.16. The molecular formula is C15H22ClN3O4. The van der Waals surface area contributed by atoms with Gasteiger partial charge in [0.05, 0.1) is 18.7 Å². The monoisotopic (exact) mass is 343 g/mol. The summed E-state index contributed by atoms with van der Waals surface area (Å²) in [6, 6.07) is 1.49. The van der Waals surface area contributed by atoms with Crippen LogP contribution < -0.4 is 15.2 Å². The van der Waals surface area contributed by atoms with E-state index in [4.69, 9.17) is 31.5 Å². The first kappa shape index (κ1) is 17.5. The summed E-state index contributed by atoms with van der Waals surface area (Å²) in [6.45, 7) is 6.46. The Morgan fingerprint density at radius 1 is 1.48 bits per heavy atom. The van der Waals surface area contributed by atoms with E-state index in [0.29, 0.717) is 30.3 Å². The molecule has 2 rings (SSSR count). The first-order chi connectivity index (χ1) is 10.7. The van der Waals surface area contributed by atoms with Gasteiger partial charge < -0.3 is 24.8 Å². The van der Waals surface area contributed by atoms with Gasteiger partial charge >= 0.3 is 6.09 Å². The summed E-state index contributed by atoms with van der Waals surface area (Å²) in [5.74, 6) is 0.804. The highest BCUT2D eigenvalue weighted by molar-refractivity contribution is 6.32. The molecule has 0 spiro atoms. The predicted octanol–water partition coefficient (Wildman–Crippen LogP) is 2.71. The van der Waals surface area contributed by atoms with Gasteiger partial charge in [-0.1, -0.05) is 11.6 Å². The molecule has 1 aromatic rings. The Kier molecular flexibility index (Phi) is 5.09. The van der Waals surface area contributed by atoms with Gasteiger partial charge in [0.15, 0.2) is 5.75 Å². The molecule has 1 aliphatic rings. The molecule has 0 saturated carbocycles. The van der Waals surface area contributed by atoms with Crippen molar-refractivity contribution in [2.75, 3.05) is 25.9 Å². The smallest absolute Gasteiger partial charge is 0.410 e. The standard InChI is InChI=1S/C15H22ClN3O4/c1-15(2,3)23-14(20)19-6-5-9(8-19)22-13-12(21-4)10(16)7-11(17)18-13/h7,9H,5-6,8H2,1-4H3,(H2,17,18)/t9-/m0/s1. The van der Waals surface area contributed by atoms with Gasteiger partial charge in [0.1, 0.15) is 17.5 Å². The van der Waals surface area contributed by atoms with Crippen molar-refractivity contribution in [3.63, 3.8) is 0 Å². The molecule has 2 heterocycles. The number of carbonyl (C=O) groups excluding carboxylic acids is 1. The van der Waals surface area contributed by atoms with Gasteiger partial charge in [-0.2, -0.15) is 4.98 Å². The molecule has 23 heavy (non-hydrogen) atoms. The van der Waals surface area contributed by atoms with E-state index in [0.717, 1.165) is 0 Å². The van der Waals surface area contributed by atoms with E-state index >= 15 is 0 Å². The van der Waals surface area contributed by atoms with Crippen molar-refractivity contribution >= 4 is 23.5 Å². The molecular weight excluding hydrogens is 322 g/mol. The van der Waals surface area contributed by atoms with E-state index in [1.54, 1.807) is 4.90 Å². The number of pyridine rings is 1. The van der Waals surface area contributed by atoms with Crippen molar-refractivity contribution in [3.05, 3.63) is 11.1 Å². The van der Waals surface area contributed by atoms with Crippen LogP contribution in [0.1, 0.15) is 27.2 Å². The molecule has 0 unspecified atom stereocenters. The minimum atomic E-state index is -0.526. The SMILES string of the molecule is COc1c(Cl)cc(N)nc1O[C@H]1CCN(C(=O)OC(C)(C)C)C1. The molecule has 8 heteroatoms. The highest BCUT2D eigenvalue weighted by Crippen LogP contribution is 2.35. The summed E-state index contributed by atoms with van der Waals surface area (Å²) in [7, 11) is 1.48. The highest BCUT2D eigenvalue weighted by Gasteiger charge is 2.32. The Bertz CT molecular complexity index is 589. The number of likely N-dealkylation sites (tertiary alicyclic amines) is 1. The maximum absolute atomic E-state index is 12.1. The number of nitrogens with two attached hydrogens (primary N) is 1. The van der Waals surface area contributed by atoms with Crippen LogP contribution in [-0.2, 0) is 4.74 Å². The number of halogens is 1. The Morgan fingerprint density at radius 3 is 2.78 bits per heavy atom. The van der Waals surface area contributed by atoms with Crippen LogP contribution in [-0.4, -0.2) is 47.9 Å². The molecule has 1 aromatic heterocycles. The molecule has 1 atom stereocenters. The molecule has 0 bridgehead atoms. The van der Waals surface area contributed by atoms with Crippen LogP contribution in [0.15, 0.2) is 6.07 Å². The van der Waals surface area contributed by atoms with E-state index in [9.17, 15) is 4.79 Å². The van der Waals surface area contributed by atoms with Crippen molar-refractivity contribution < 1.29 is 19.0 Å². The molecule has 1 fully saturated rings. The Labute approximate surface area is 140 Å². The molecule has 2 N–H and O–H groups in total.